The average molecular weight is 334 g/mol. The van der Waals surface area contributed by atoms with Crippen molar-refractivity contribution >= 4 is 12.3 Å². The van der Waals surface area contributed by atoms with Crippen LogP contribution in [-0.4, -0.2) is 28.6 Å². The molecule has 4 nitrogen and oxygen atoms in total. The fourth-order valence-corrected chi connectivity index (χ4v) is 5.30. The molecule has 2 N–H and O–H groups in total. The van der Waals surface area contributed by atoms with E-state index in [1.54, 1.807) is 0 Å². The summed E-state index contributed by atoms with van der Waals surface area (Å²) in [5.41, 5.74) is 1.55. The Morgan fingerprint density at radius 1 is 1.38 bits per heavy atom. The number of carboxylic acids is 1. The lowest BCUT2D eigenvalue weighted by atomic mass is 9.48. The smallest absolute Gasteiger partial charge is 0.328 e. The van der Waals surface area contributed by atoms with E-state index in [1.165, 1.54) is 18.4 Å². The van der Waals surface area contributed by atoms with E-state index in [-0.39, 0.29) is 22.3 Å². The Morgan fingerprint density at radius 3 is 2.62 bits per heavy atom. The van der Waals surface area contributed by atoms with Gasteiger partial charge in [-0.2, -0.15) is 0 Å². The molecule has 4 atom stereocenters. The van der Waals surface area contributed by atoms with Gasteiger partial charge in [-0.15, -0.1) is 0 Å². The third-order valence-electron chi connectivity index (χ3n) is 6.57. The molecule has 4 unspecified atom stereocenters. The molecule has 0 radical (unpaired) electrons. The van der Waals surface area contributed by atoms with Gasteiger partial charge in [-0.1, -0.05) is 38.8 Å². The molecule has 0 spiro atoms. The van der Waals surface area contributed by atoms with Crippen LogP contribution in [0.15, 0.2) is 23.3 Å². The number of hydrogen-bond donors (Lipinski definition) is 2. The molecule has 2 aliphatic carbocycles. The lowest BCUT2D eigenvalue weighted by Gasteiger charge is -2.57. The van der Waals surface area contributed by atoms with Gasteiger partial charge in [0.25, 0.3) is 0 Å². The van der Waals surface area contributed by atoms with E-state index in [2.05, 4.69) is 33.8 Å². The molecule has 1 fully saturated rings. The number of carbonyl (C=O) groups is 2. The van der Waals surface area contributed by atoms with E-state index in [1.807, 2.05) is 0 Å². The number of allylic oxidation sites excluding steroid dienone is 2. The molecular formula is C20H30O4. The lowest BCUT2D eigenvalue weighted by Crippen LogP contribution is -2.49. The van der Waals surface area contributed by atoms with Crippen LogP contribution >= 0.6 is 0 Å². The Balaban J connectivity index is 2.30. The van der Waals surface area contributed by atoms with Gasteiger partial charge in [-0.05, 0) is 55.3 Å². The molecule has 0 bridgehead atoms. The minimum Gasteiger partial charge on any atom is -0.478 e. The highest BCUT2D eigenvalue weighted by Crippen LogP contribution is 2.60. The zero-order valence-electron chi connectivity index (χ0n) is 15.2. The highest BCUT2D eigenvalue weighted by Gasteiger charge is 2.52. The maximum Gasteiger partial charge on any atom is 0.328 e. The third kappa shape index (κ3) is 3.49. The van der Waals surface area contributed by atoms with Crippen LogP contribution in [0.4, 0.5) is 0 Å². The van der Waals surface area contributed by atoms with Gasteiger partial charge in [0.15, 0.2) is 0 Å². The van der Waals surface area contributed by atoms with Gasteiger partial charge < -0.3 is 10.2 Å². The molecule has 0 aromatic carbocycles. The van der Waals surface area contributed by atoms with Gasteiger partial charge in [0.05, 0.1) is 6.10 Å². The second kappa shape index (κ2) is 6.83. The van der Waals surface area contributed by atoms with Crippen molar-refractivity contribution in [1.29, 1.82) is 0 Å². The molecular weight excluding hydrogens is 304 g/mol. The zero-order valence-corrected chi connectivity index (χ0v) is 15.2. The minimum atomic E-state index is -1.20. The Kier molecular flexibility index (Phi) is 5.38. The zero-order chi connectivity index (χ0) is 18.1. The number of aldehydes is 1. The Labute approximate surface area is 144 Å². The van der Waals surface area contributed by atoms with E-state index in [0.717, 1.165) is 18.9 Å². The first-order valence-corrected chi connectivity index (χ1v) is 8.86. The first kappa shape index (κ1) is 18.9. The van der Waals surface area contributed by atoms with Crippen LogP contribution in [-0.2, 0) is 9.59 Å². The van der Waals surface area contributed by atoms with E-state index in [0.29, 0.717) is 18.6 Å². The lowest BCUT2D eigenvalue weighted by molar-refractivity contribution is -0.131. The Hall–Kier alpha value is -1.42. The van der Waals surface area contributed by atoms with Crippen LogP contribution in [0.3, 0.4) is 0 Å². The molecule has 0 aromatic rings. The predicted octanol–water partition coefficient (Wildman–Crippen LogP) is 3.75. The van der Waals surface area contributed by atoms with Crippen LogP contribution in [0.1, 0.15) is 59.8 Å². The highest BCUT2D eigenvalue weighted by molar-refractivity contribution is 5.89. The molecule has 0 heterocycles. The second-order valence-corrected chi connectivity index (χ2v) is 8.49. The van der Waals surface area contributed by atoms with Gasteiger partial charge in [-0.25, -0.2) is 4.79 Å². The van der Waals surface area contributed by atoms with Crippen molar-refractivity contribution in [3.05, 3.63) is 23.3 Å². The first-order valence-electron chi connectivity index (χ1n) is 8.86. The van der Waals surface area contributed by atoms with Crippen LogP contribution in [0.25, 0.3) is 0 Å². The first-order chi connectivity index (χ1) is 11.1. The summed E-state index contributed by atoms with van der Waals surface area (Å²) in [5, 5.41) is 19.3. The summed E-state index contributed by atoms with van der Waals surface area (Å²) < 4.78 is 0. The normalized spacial score (nSPS) is 34.0. The predicted molar refractivity (Wildman–Crippen MR) is 93.5 cm³/mol. The van der Waals surface area contributed by atoms with Crippen molar-refractivity contribution in [2.45, 2.75) is 65.9 Å². The standard InChI is InChI=1S/C20H30O4/c1-13-6-7-17-19(2,3)8-5-9-20(17,4)15(13)11-16(22)14(12-21)10-18(23)24/h6,10,12,15-17,22H,5,7-9,11H2,1-4H3,(H,23,24). The number of fused-ring (bicyclic) bond motifs is 1. The van der Waals surface area contributed by atoms with Crippen molar-refractivity contribution < 1.29 is 19.8 Å². The third-order valence-corrected chi connectivity index (χ3v) is 6.57. The minimum absolute atomic E-state index is 0.0453. The second-order valence-electron chi connectivity index (χ2n) is 8.49. The largest absolute Gasteiger partial charge is 0.478 e. The summed E-state index contributed by atoms with van der Waals surface area (Å²) >= 11 is 0. The number of aliphatic hydroxyl groups is 1. The summed E-state index contributed by atoms with van der Waals surface area (Å²) in [6.45, 7) is 9.08. The quantitative estimate of drug-likeness (QED) is 0.456. The maximum atomic E-state index is 11.2. The number of carboxylic acid groups (broad SMARTS) is 1. The molecule has 2 rings (SSSR count). The van der Waals surface area contributed by atoms with Crippen LogP contribution in [0, 0.1) is 22.7 Å². The van der Waals surface area contributed by atoms with E-state index >= 15 is 0 Å². The van der Waals surface area contributed by atoms with Crippen molar-refractivity contribution in [3.63, 3.8) is 0 Å². The fraction of sp³-hybridized carbons (Fsp3) is 0.700. The maximum absolute atomic E-state index is 11.2. The van der Waals surface area contributed by atoms with E-state index in [4.69, 9.17) is 5.11 Å². The topological polar surface area (TPSA) is 74.6 Å². The highest BCUT2D eigenvalue weighted by atomic mass is 16.4. The number of carbonyl (C=O) groups excluding carboxylic acids is 1. The van der Waals surface area contributed by atoms with Crippen LogP contribution in [0.5, 0.6) is 0 Å². The van der Waals surface area contributed by atoms with Gasteiger partial charge in [-0.3, -0.25) is 4.79 Å². The molecule has 134 valence electrons. The fourth-order valence-electron chi connectivity index (χ4n) is 5.30. The number of hydrogen-bond acceptors (Lipinski definition) is 3. The van der Waals surface area contributed by atoms with Crippen molar-refractivity contribution in [3.8, 4) is 0 Å². The number of aliphatic hydroxyl groups excluding tert-OH is 1. The van der Waals surface area contributed by atoms with E-state index < -0.39 is 12.1 Å². The van der Waals surface area contributed by atoms with Crippen LogP contribution in [0.2, 0.25) is 0 Å². The monoisotopic (exact) mass is 334 g/mol. The molecule has 0 aliphatic heterocycles. The summed E-state index contributed by atoms with van der Waals surface area (Å²) in [6.07, 6.45) is 7.50. The van der Waals surface area contributed by atoms with Gasteiger partial charge in [0, 0.05) is 11.6 Å². The molecule has 0 saturated heterocycles. The molecule has 0 aromatic heterocycles. The SMILES string of the molecule is CC1=CCC2C(C)(C)CCCC2(C)C1CC(O)C(C=O)=CC(=O)O. The molecule has 1 saturated carbocycles. The summed E-state index contributed by atoms with van der Waals surface area (Å²) in [4.78, 5) is 22.0. The van der Waals surface area contributed by atoms with E-state index in [9.17, 15) is 14.7 Å². The Morgan fingerprint density at radius 2 is 2.04 bits per heavy atom. The summed E-state index contributed by atoms with van der Waals surface area (Å²) in [6, 6.07) is 0. The van der Waals surface area contributed by atoms with Gasteiger partial charge in [0.1, 0.15) is 6.29 Å². The van der Waals surface area contributed by atoms with Crippen molar-refractivity contribution in [1.82, 2.24) is 0 Å². The molecule has 2 aliphatic rings. The molecule has 4 heteroatoms. The van der Waals surface area contributed by atoms with Crippen LogP contribution < -0.4 is 0 Å². The molecule has 0 amide bonds. The van der Waals surface area contributed by atoms with Crippen molar-refractivity contribution in [2.24, 2.45) is 22.7 Å². The number of rotatable bonds is 5. The van der Waals surface area contributed by atoms with Gasteiger partial charge >= 0.3 is 5.97 Å². The summed E-state index contributed by atoms with van der Waals surface area (Å²) in [7, 11) is 0. The van der Waals surface area contributed by atoms with Crippen molar-refractivity contribution in [2.75, 3.05) is 0 Å². The van der Waals surface area contributed by atoms with Gasteiger partial charge in [0.2, 0.25) is 0 Å². The summed E-state index contributed by atoms with van der Waals surface area (Å²) in [5.74, 6) is -0.485. The Bertz CT molecular complexity index is 572. The number of aliphatic carboxylic acids is 1. The molecule has 24 heavy (non-hydrogen) atoms. The average Bonchev–Trinajstić information content (AvgIpc) is 2.47.